The Hall–Kier alpha value is -5.42. The quantitative estimate of drug-likeness (QED) is 0.183. The minimum atomic E-state index is -2.71. The summed E-state index contributed by atoms with van der Waals surface area (Å²) in [6.45, 7) is 0. The second kappa shape index (κ2) is 9.79. The zero-order valence-corrected chi connectivity index (χ0v) is 26.7. The largest absolute Gasteiger partial charge is 0.458 e. The van der Waals surface area contributed by atoms with E-state index in [1.54, 1.807) is 0 Å². The van der Waals surface area contributed by atoms with Crippen LogP contribution in [0.25, 0.3) is 31.3 Å². The number of rotatable bonds is 3. The molecule has 0 atom stereocenters. The van der Waals surface area contributed by atoms with Crippen LogP contribution in [0.3, 0.4) is 0 Å². The zero-order chi connectivity index (χ0) is 30.2. The van der Waals surface area contributed by atoms with E-state index in [0.717, 1.165) is 22.9 Å². The van der Waals surface area contributed by atoms with Crippen LogP contribution in [0.4, 0.5) is 17.1 Å². The Labute approximate surface area is 272 Å². The second-order valence-corrected chi connectivity index (χ2v) is 16.7. The standard InChI is InChI=1S/C42H27NOSSi/c1-2-13-28(14-3-1)43(34-19-12-18-33-30-15-4-8-21-37(30)45-42(33)34)29-25-26-36-41(27-29)46(40-24-11-7-20-35(40)44-36)38-22-9-5-16-31(38)32-17-6-10-23-39(32)46/h1-27H. The Kier molecular flexibility index (Phi) is 5.50. The summed E-state index contributed by atoms with van der Waals surface area (Å²) >= 11 is 1.87. The van der Waals surface area contributed by atoms with Crippen LogP contribution >= 0.6 is 11.3 Å². The van der Waals surface area contributed by atoms with Crippen molar-refractivity contribution in [1.29, 1.82) is 0 Å². The van der Waals surface area contributed by atoms with E-state index in [-0.39, 0.29) is 0 Å². The molecule has 7 aromatic carbocycles. The topological polar surface area (TPSA) is 12.5 Å². The highest BCUT2D eigenvalue weighted by Crippen LogP contribution is 2.45. The van der Waals surface area contributed by atoms with Gasteiger partial charge in [-0.05, 0) is 80.4 Å². The van der Waals surface area contributed by atoms with Crippen LogP contribution in [0.2, 0.25) is 0 Å². The van der Waals surface area contributed by atoms with Gasteiger partial charge in [-0.15, -0.1) is 11.3 Å². The molecule has 2 aliphatic rings. The number of fused-ring (bicyclic) bond motifs is 12. The highest BCUT2D eigenvalue weighted by Gasteiger charge is 2.53. The molecule has 0 saturated carbocycles. The number of nitrogens with zero attached hydrogens (tertiary/aromatic N) is 1. The van der Waals surface area contributed by atoms with Gasteiger partial charge in [0.05, 0.1) is 10.4 Å². The fraction of sp³-hybridized carbons (Fsp3) is 0. The zero-order valence-electron chi connectivity index (χ0n) is 24.9. The Bertz CT molecular complexity index is 2440. The molecule has 46 heavy (non-hydrogen) atoms. The van der Waals surface area contributed by atoms with Gasteiger partial charge in [0, 0.05) is 26.8 Å². The molecule has 10 rings (SSSR count). The normalized spacial score (nSPS) is 13.6. The summed E-state index contributed by atoms with van der Waals surface area (Å²) < 4.78 is 9.36. The summed E-state index contributed by atoms with van der Waals surface area (Å²) in [6, 6.07) is 59.9. The summed E-state index contributed by atoms with van der Waals surface area (Å²) in [7, 11) is -2.71. The summed E-state index contributed by atoms with van der Waals surface area (Å²) in [5, 5.41) is 8.07. The molecule has 0 radical (unpaired) electrons. The molecule has 0 bridgehead atoms. The minimum absolute atomic E-state index is 0.953. The lowest BCUT2D eigenvalue weighted by Gasteiger charge is -2.38. The van der Waals surface area contributed by atoms with Gasteiger partial charge in [-0.25, -0.2) is 0 Å². The van der Waals surface area contributed by atoms with Gasteiger partial charge < -0.3 is 9.64 Å². The number of anilines is 3. The van der Waals surface area contributed by atoms with Gasteiger partial charge in [0.15, 0.2) is 8.07 Å². The third-order valence-electron chi connectivity index (χ3n) is 9.73. The number of hydrogen-bond acceptors (Lipinski definition) is 3. The molecular weight excluding hydrogens is 595 g/mol. The fourth-order valence-corrected chi connectivity index (χ4v) is 14.5. The lowest BCUT2D eigenvalue weighted by molar-refractivity contribution is 0.487. The van der Waals surface area contributed by atoms with E-state index >= 15 is 0 Å². The first-order chi connectivity index (χ1) is 22.8. The van der Waals surface area contributed by atoms with Crippen molar-refractivity contribution in [3.8, 4) is 22.6 Å². The van der Waals surface area contributed by atoms with E-state index in [0.29, 0.717) is 0 Å². The summed E-state index contributed by atoms with van der Waals surface area (Å²) in [5.41, 5.74) is 6.13. The number of thiophene rings is 1. The van der Waals surface area contributed by atoms with E-state index in [2.05, 4.69) is 169 Å². The Morgan fingerprint density at radius 2 is 1.09 bits per heavy atom. The third-order valence-corrected chi connectivity index (χ3v) is 15.8. The SMILES string of the molecule is c1ccc(N(c2ccc3c(c2)[Si]2(c4ccccc4O3)c3ccccc3-c3ccccc32)c2cccc3c2sc2ccccc23)cc1. The molecule has 1 aromatic heterocycles. The molecular formula is C42H27NOSSi. The first-order valence-electron chi connectivity index (χ1n) is 15.7. The Morgan fingerprint density at radius 3 is 1.89 bits per heavy atom. The number of hydrogen-bond donors (Lipinski definition) is 0. The fourth-order valence-electron chi connectivity index (χ4n) is 7.90. The average Bonchev–Trinajstić information content (AvgIpc) is 3.64. The first-order valence-corrected chi connectivity index (χ1v) is 18.5. The molecule has 0 N–H and O–H groups in total. The van der Waals surface area contributed by atoms with E-state index in [1.165, 1.54) is 57.7 Å². The van der Waals surface area contributed by atoms with Crippen LogP contribution in [0.15, 0.2) is 164 Å². The van der Waals surface area contributed by atoms with E-state index < -0.39 is 8.07 Å². The van der Waals surface area contributed by atoms with Crippen molar-refractivity contribution < 1.29 is 4.74 Å². The number of para-hydroxylation sites is 2. The smallest absolute Gasteiger partial charge is 0.189 e. The molecule has 0 fully saturated rings. The van der Waals surface area contributed by atoms with Crippen molar-refractivity contribution >= 4 is 77.4 Å². The third kappa shape index (κ3) is 3.45. The predicted octanol–water partition coefficient (Wildman–Crippen LogP) is 8.99. The van der Waals surface area contributed by atoms with Crippen LogP contribution in [-0.2, 0) is 0 Å². The van der Waals surface area contributed by atoms with Gasteiger partial charge in [-0.1, -0.05) is 115 Å². The highest BCUT2D eigenvalue weighted by atomic mass is 32.1. The van der Waals surface area contributed by atoms with Gasteiger partial charge in [0.2, 0.25) is 0 Å². The monoisotopic (exact) mass is 621 g/mol. The van der Waals surface area contributed by atoms with E-state index in [4.69, 9.17) is 4.74 Å². The number of ether oxygens (including phenoxy) is 1. The maximum atomic E-state index is 6.77. The molecule has 2 aliphatic heterocycles. The summed E-state index contributed by atoms with van der Waals surface area (Å²) in [4.78, 5) is 2.44. The summed E-state index contributed by atoms with van der Waals surface area (Å²) in [6.07, 6.45) is 0. The molecule has 0 amide bonds. The maximum absolute atomic E-state index is 6.77. The molecule has 1 spiro atoms. The van der Waals surface area contributed by atoms with Crippen molar-refractivity contribution in [2.75, 3.05) is 4.90 Å². The van der Waals surface area contributed by atoms with Crippen LogP contribution in [-0.4, -0.2) is 8.07 Å². The van der Waals surface area contributed by atoms with Gasteiger partial charge in [-0.2, -0.15) is 0 Å². The van der Waals surface area contributed by atoms with Crippen molar-refractivity contribution in [1.82, 2.24) is 0 Å². The van der Waals surface area contributed by atoms with E-state index in [9.17, 15) is 0 Å². The van der Waals surface area contributed by atoms with Gasteiger partial charge >= 0.3 is 0 Å². The van der Waals surface area contributed by atoms with Crippen LogP contribution < -0.4 is 30.4 Å². The van der Waals surface area contributed by atoms with Crippen molar-refractivity contribution in [2.45, 2.75) is 0 Å². The minimum Gasteiger partial charge on any atom is -0.458 e. The van der Waals surface area contributed by atoms with Crippen molar-refractivity contribution in [3.63, 3.8) is 0 Å². The van der Waals surface area contributed by atoms with Crippen molar-refractivity contribution in [3.05, 3.63) is 164 Å². The van der Waals surface area contributed by atoms with Gasteiger partial charge in [0.25, 0.3) is 0 Å². The summed E-state index contributed by atoms with van der Waals surface area (Å²) in [5.74, 6) is 1.92. The first kappa shape index (κ1) is 25.9. The molecule has 8 aromatic rings. The molecule has 0 unspecified atom stereocenters. The predicted molar refractivity (Wildman–Crippen MR) is 197 cm³/mol. The molecule has 0 aliphatic carbocycles. The second-order valence-electron chi connectivity index (χ2n) is 12.0. The molecule has 2 nitrogen and oxygen atoms in total. The van der Waals surface area contributed by atoms with Crippen molar-refractivity contribution in [2.24, 2.45) is 0 Å². The van der Waals surface area contributed by atoms with Crippen LogP contribution in [0, 0.1) is 0 Å². The highest BCUT2D eigenvalue weighted by molar-refractivity contribution is 7.26. The lowest BCUT2D eigenvalue weighted by Crippen LogP contribution is -2.74. The van der Waals surface area contributed by atoms with Crippen LogP contribution in [0.1, 0.15) is 0 Å². The van der Waals surface area contributed by atoms with Gasteiger partial charge in [-0.3, -0.25) is 0 Å². The van der Waals surface area contributed by atoms with E-state index in [1.807, 2.05) is 11.3 Å². The van der Waals surface area contributed by atoms with Gasteiger partial charge in [0.1, 0.15) is 11.5 Å². The average molecular weight is 622 g/mol. The Balaban J connectivity index is 1.29. The lowest BCUT2D eigenvalue weighted by atomic mass is 10.1. The van der Waals surface area contributed by atoms with Crippen LogP contribution in [0.5, 0.6) is 11.5 Å². The Morgan fingerprint density at radius 1 is 0.457 bits per heavy atom. The molecule has 216 valence electrons. The number of benzene rings is 7. The molecule has 0 saturated heterocycles. The molecule has 4 heteroatoms. The molecule has 3 heterocycles. The maximum Gasteiger partial charge on any atom is 0.189 e.